The van der Waals surface area contributed by atoms with Crippen LogP contribution in [0.3, 0.4) is 0 Å². The van der Waals surface area contributed by atoms with Crippen LogP contribution in [0.4, 0.5) is 0 Å². The summed E-state index contributed by atoms with van der Waals surface area (Å²) in [6.45, 7) is 3.29. The van der Waals surface area contributed by atoms with Crippen LogP contribution in [0.2, 0.25) is 0 Å². The molecule has 0 aliphatic carbocycles. The number of aromatic nitrogens is 1. The van der Waals surface area contributed by atoms with Gasteiger partial charge in [-0.1, -0.05) is 6.92 Å². The number of nitrogens with two attached hydrogens (primary N) is 1. The molecule has 4 N–H and O–H groups in total. The lowest BCUT2D eigenvalue weighted by atomic mass is 10.0. The SMILES string of the molecule is C[C@@H]1CC[C@H](NC(=O)CC[C@H](C)C(N)=O)C[C@H](O)N1S(=O)(=O)c1cccc[n+]1[O-]. The highest BCUT2D eigenvalue weighted by atomic mass is 32.2. The molecule has 0 aromatic carbocycles. The van der Waals surface area contributed by atoms with Crippen molar-refractivity contribution in [3.8, 4) is 0 Å². The second-order valence-electron chi connectivity index (χ2n) is 7.45. The first-order chi connectivity index (χ1) is 13.5. The van der Waals surface area contributed by atoms with Gasteiger partial charge in [0.05, 0.1) is 0 Å². The molecular formula is C18H28N4O6S. The Hall–Kier alpha value is -2.24. The number of nitrogens with zero attached hydrogens (tertiary/aromatic N) is 2. The van der Waals surface area contributed by atoms with Gasteiger partial charge in [0.25, 0.3) is 0 Å². The predicted molar refractivity (Wildman–Crippen MR) is 103 cm³/mol. The zero-order valence-electron chi connectivity index (χ0n) is 16.5. The number of sulfonamides is 1. The van der Waals surface area contributed by atoms with Gasteiger partial charge in [0, 0.05) is 43.0 Å². The standard InChI is InChI=1S/C18H28N4O6S/c1-12(18(19)25)6-9-15(23)20-14-8-7-13(2)22(16(24)11-14)29(27,28)17-5-3-4-10-21(17)26/h3-5,10,12-14,16,24H,6-9,11H2,1-2H3,(H2,19,25)(H,20,23)/t12-,13+,14-,16-/m0/s1. The second-order valence-corrected chi connectivity index (χ2v) is 9.24. The molecule has 10 nitrogen and oxygen atoms in total. The van der Waals surface area contributed by atoms with Gasteiger partial charge in [-0.3, -0.25) is 9.59 Å². The van der Waals surface area contributed by atoms with Gasteiger partial charge in [0.2, 0.25) is 11.8 Å². The van der Waals surface area contributed by atoms with E-state index in [9.17, 15) is 28.3 Å². The number of hydrogen-bond donors (Lipinski definition) is 3. The van der Waals surface area contributed by atoms with Crippen LogP contribution >= 0.6 is 0 Å². The second kappa shape index (κ2) is 9.51. The fourth-order valence-corrected chi connectivity index (χ4v) is 5.12. The number of carbonyl (C=O) groups is 2. The van der Waals surface area contributed by atoms with Crippen molar-refractivity contribution in [3.05, 3.63) is 29.6 Å². The minimum absolute atomic E-state index is 0.00757. The summed E-state index contributed by atoms with van der Waals surface area (Å²) in [5.74, 6) is -1.20. The van der Waals surface area contributed by atoms with Crippen molar-refractivity contribution in [1.82, 2.24) is 9.62 Å². The number of rotatable bonds is 7. The quantitative estimate of drug-likeness (QED) is 0.396. The molecule has 1 aromatic heterocycles. The van der Waals surface area contributed by atoms with Crippen LogP contribution in [0.25, 0.3) is 0 Å². The highest BCUT2D eigenvalue weighted by Crippen LogP contribution is 2.27. The summed E-state index contributed by atoms with van der Waals surface area (Å²) in [4.78, 5) is 23.2. The number of aliphatic hydroxyl groups excluding tert-OH is 1. The van der Waals surface area contributed by atoms with Gasteiger partial charge in [-0.25, -0.2) is 8.42 Å². The summed E-state index contributed by atoms with van der Waals surface area (Å²) in [7, 11) is -4.23. The lowest BCUT2D eigenvalue weighted by Crippen LogP contribution is -2.49. The molecule has 162 valence electrons. The first-order valence-corrected chi connectivity index (χ1v) is 11.0. The molecule has 1 aliphatic heterocycles. The zero-order chi connectivity index (χ0) is 21.8. The normalized spacial score (nSPS) is 24.4. The first-order valence-electron chi connectivity index (χ1n) is 9.52. The topological polar surface area (TPSA) is 157 Å². The maximum atomic E-state index is 13.0. The number of aliphatic hydroxyl groups is 1. The van der Waals surface area contributed by atoms with Gasteiger partial charge in [0.1, 0.15) is 6.23 Å². The molecule has 0 radical (unpaired) electrons. The Bertz CT molecular complexity index is 847. The molecule has 2 amide bonds. The molecule has 2 rings (SSSR count). The maximum absolute atomic E-state index is 13.0. The van der Waals surface area contributed by atoms with Gasteiger partial charge < -0.3 is 21.4 Å². The molecule has 1 aliphatic rings. The van der Waals surface area contributed by atoms with Crippen molar-refractivity contribution in [2.75, 3.05) is 0 Å². The lowest BCUT2D eigenvalue weighted by molar-refractivity contribution is -0.646. The minimum atomic E-state index is -4.23. The fraction of sp³-hybridized carbons (Fsp3) is 0.611. The molecule has 0 bridgehead atoms. The Labute approximate surface area is 170 Å². The Kier molecular flexibility index (Phi) is 7.55. The minimum Gasteiger partial charge on any atom is -0.618 e. The molecule has 1 saturated heterocycles. The third-order valence-corrected chi connectivity index (χ3v) is 7.14. The van der Waals surface area contributed by atoms with E-state index in [4.69, 9.17) is 5.73 Å². The van der Waals surface area contributed by atoms with Crippen molar-refractivity contribution in [2.24, 2.45) is 11.7 Å². The largest absolute Gasteiger partial charge is 0.618 e. The van der Waals surface area contributed by atoms with Gasteiger partial charge in [-0.05, 0) is 32.3 Å². The third-order valence-electron chi connectivity index (χ3n) is 5.14. The number of hydrogen-bond acceptors (Lipinski definition) is 6. The third kappa shape index (κ3) is 5.64. The highest BCUT2D eigenvalue weighted by Gasteiger charge is 2.41. The molecule has 4 atom stereocenters. The summed E-state index contributed by atoms with van der Waals surface area (Å²) in [6, 6.07) is 3.04. The molecule has 1 fully saturated rings. The van der Waals surface area contributed by atoms with Crippen LogP contribution in [-0.4, -0.2) is 48.0 Å². The fourth-order valence-electron chi connectivity index (χ4n) is 3.38. The van der Waals surface area contributed by atoms with Crippen LogP contribution in [0.15, 0.2) is 29.4 Å². The molecule has 0 spiro atoms. The van der Waals surface area contributed by atoms with Crippen LogP contribution in [0.5, 0.6) is 0 Å². The van der Waals surface area contributed by atoms with Crippen LogP contribution in [0.1, 0.15) is 46.0 Å². The predicted octanol–water partition coefficient (Wildman–Crippen LogP) is -0.412. The molecular weight excluding hydrogens is 400 g/mol. The monoisotopic (exact) mass is 428 g/mol. The van der Waals surface area contributed by atoms with Gasteiger partial charge >= 0.3 is 15.0 Å². The Balaban J connectivity index is 2.09. The van der Waals surface area contributed by atoms with E-state index in [1.54, 1.807) is 13.8 Å². The average molecular weight is 429 g/mol. The molecule has 0 saturated carbocycles. The molecule has 0 unspecified atom stereocenters. The van der Waals surface area contributed by atoms with Crippen LogP contribution in [-0.2, 0) is 19.6 Å². The van der Waals surface area contributed by atoms with Crippen molar-refractivity contribution in [1.29, 1.82) is 0 Å². The smallest absolute Gasteiger partial charge is 0.323 e. The van der Waals surface area contributed by atoms with E-state index >= 15 is 0 Å². The van der Waals surface area contributed by atoms with Crippen molar-refractivity contribution < 1.29 is 27.8 Å². The Morgan fingerprint density at radius 1 is 1.41 bits per heavy atom. The lowest BCUT2D eigenvalue weighted by Gasteiger charge is -2.29. The number of primary amides is 1. The number of carbonyl (C=O) groups excluding carboxylic acids is 2. The zero-order valence-corrected chi connectivity index (χ0v) is 17.3. The van der Waals surface area contributed by atoms with E-state index in [-0.39, 0.29) is 23.5 Å². The van der Waals surface area contributed by atoms with E-state index in [0.29, 0.717) is 19.3 Å². The molecule has 29 heavy (non-hydrogen) atoms. The van der Waals surface area contributed by atoms with Gasteiger partial charge in [0.15, 0.2) is 6.20 Å². The molecule has 2 heterocycles. The van der Waals surface area contributed by atoms with Crippen molar-refractivity contribution >= 4 is 21.8 Å². The number of pyridine rings is 1. The van der Waals surface area contributed by atoms with Crippen molar-refractivity contribution in [2.45, 2.75) is 69.3 Å². The average Bonchev–Trinajstić information content (AvgIpc) is 2.77. The van der Waals surface area contributed by atoms with E-state index in [2.05, 4.69) is 5.32 Å². The summed E-state index contributed by atoms with van der Waals surface area (Å²) in [6.07, 6.45) is 0.953. The number of amides is 2. The summed E-state index contributed by atoms with van der Waals surface area (Å²) in [5.41, 5.74) is 5.19. The molecule has 11 heteroatoms. The van der Waals surface area contributed by atoms with Gasteiger partial charge in [-0.2, -0.15) is 9.04 Å². The summed E-state index contributed by atoms with van der Waals surface area (Å²) < 4.78 is 27.1. The molecule has 1 aromatic rings. The van der Waals surface area contributed by atoms with Gasteiger partial charge in [-0.15, -0.1) is 0 Å². The highest BCUT2D eigenvalue weighted by molar-refractivity contribution is 7.89. The van der Waals surface area contributed by atoms with Crippen molar-refractivity contribution in [3.63, 3.8) is 0 Å². The van der Waals surface area contributed by atoms with E-state index in [0.717, 1.165) is 10.5 Å². The van der Waals surface area contributed by atoms with E-state index < -0.39 is 45.2 Å². The van der Waals surface area contributed by atoms with Crippen LogP contribution in [0, 0.1) is 11.1 Å². The Morgan fingerprint density at radius 3 is 2.72 bits per heavy atom. The summed E-state index contributed by atoms with van der Waals surface area (Å²) >= 11 is 0. The Morgan fingerprint density at radius 2 is 2.10 bits per heavy atom. The van der Waals surface area contributed by atoms with Crippen LogP contribution < -0.4 is 15.8 Å². The first kappa shape index (κ1) is 23.0. The van der Waals surface area contributed by atoms with E-state index in [1.165, 1.54) is 18.2 Å². The van der Waals surface area contributed by atoms with E-state index in [1.807, 2.05) is 0 Å². The maximum Gasteiger partial charge on any atom is 0.323 e. The number of nitrogens with one attached hydrogen (secondary N) is 1. The summed E-state index contributed by atoms with van der Waals surface area (Å²) in [5, 5.41) is 24.9.